The molecule has 0 saturated heterocycles. The van der Waals surface area contributed by atoms with Gasteiger partial charge in [-0.1, -0.05) is 33.8 Å². The van der Waals surface area contributed by atoms with Crippen LogP contribution < -0.4 is 5.32 Å². The van der Waals surface area contributed by atoms with Crippen LogP contribution >= 0.6 is 0 Å². The first-order valence-corrected chi connectivity index (χ1v) is 6.47. The Hall–Kier alpha value is -1.22. The van der Waals surface area contributed by atoms with Gasteiger partial charge in [-0.3, -0.25) is 0 Å². The Balaban J connectivity index is 2.63. The minimum Gasteiger partial charge on any atom is -0.508 e. The van der Waals surface area contributed by atoms with E-state index in [-0.39, 0.29) is 23.0 Å². The van der Waals surface area contributed by atoms with Crippen LogP contribution in [0.4, 0.5) is 0 Å². The molecule has 0 aliphatic heterocycles. The lowest BCUT2D eigenvalue weighted by molar-refractivity contribution is 0.246. The summed E-state index contributed by atoms with van der Waals surface area (Å²) in [6.45, 7) is 11.8. The first-order chi connectivity index (χ1) is 8.21. The van der Waals surface area contributed by atoms with E-state index >= 15 is 0 Å². The van der Waals surface area contributed by atoms with Crippen molar-refractivity contribution in [3.63, 3.8) is 0 Å². The van der Waals surface area contributed by atoms with E-state index in [4.69, 9.17) is 0 Å². The van der Waals surface area contributed by atoms with Gasteiger partial charge in [0.2, 0.25) is 0 Å². The molecule has 3 nitrogen and oxygen atoms in total. The van der Waals surface area contributed by atoms with Crippen LogP contribution in [-0.2, 0) is 0 Å². The predicted molar refractivity (Wildman–Crippen MR) is 74.8 cm³/mol. The van der Waals surface area contributed by atoms with Crippen LogP contribution in [0.2, 0.25) is 0 Å². The number of hydrogen-bond acceptors (Lipinski definition) is 3. The molecule has 0 radical (unpaired) electrons. The first kappa shape index (κ1) is 14.8. The maximum atomic E-state index is 9.79. The highest BCUT2D eigenvalue weighted by molar-refractivity contribution is 5.40. The SMILES string of the molecule is CC(NCC(C)C(C)(C)C)c1ccc(O)cc1O. The van der Waals surface area contributed by atoms with Gasteiger partial charge >= 0.3 is 0 Å². The van der Waals surface area contributed by atoms with Gasteiger partial charge in [0.05, 0.1) is 0 Å². The van der Waals surface area contributed by atoms with Crippen molar-refractivity contribution in [2.45, 2.75) is 40.7 Å². The second kappa shape index (κ2) is 5.61. The Labute approximate surface area is 110 Å². The van der Waals surface area contributed by atoms with Crippen molar-refractivity contribution in [2.24, 2.45) is 11.3 Å². The van der Waals surface area contributed by atoms with E-state index in [1.807, 2.05) is 6.92 Å². The molecule has 0 aliphatic rings. The topological polar surface area (TPSA) is 52.5 Å². The lowest BCUT2D eigenvalue weighted by Gasteiger charge is -2.29. The van der Waals surface area contributed by atoms with Crippen LogP contribution in [0.5, 0.6) is 11.5 Å². The lowest BCUT2D eigenvalue weighted by Crippen LogP contribution is -2.31. The highest BCUT2D eigenvalue weighted by Crippen LogP contribution is 2.29. The van der Waals surface area contributed by atoms with E-state index < -0.39 is 0 Å². The van der Waals surface area contributed by atoms with Crippen LogP contribution in [0.25, 0.3) is 0 Å². The fourth-order valence-corrected chi connectivity index (χ4v) is 1.67. The van der Waals surface area contributed by atoms with Crippen molar-refractivity contribution < 1.29 is 10.2 Å². The third-order valence-electron chi connectivity index (χ3n) is 3.69. The highest BCUT2D eigenvalue weighted by Gasteiger charge is 2.20. The van der Waals surface area contributed by atoms with Gasteiger partial charge in [0.15, 0.2) is 0 Å². The van der Waals surface area contributed by atoms with Crippen molar-refractivity contribution in [3.05, 3.63) is 23.8 Å². The molecular weight excluding hydrogens is 226 g/mol. The number of benzene rings is 1. The monoisotopic (exact) mass is 251 g/mol. The predicted octanol–water partition coefficient (Wildman–Crippen LogP) is 3.43. The third-order valence-corrected chi connectivity index (χ3v) is 3.69. The van der Waals surface area contributed by atoms with Gasteiger partial charge in [-0.2, -0.15) is 0 Å². The molecule has 0 bridgehead atoms. The van der Waals surface area contributed by atoms with Gasteiger partial charge in [0, 0.05) is 17.7 Å². The molecule has 18 heavy (non-hydrogen) atoms. The Kier molecular flexibility index (Phi) is 4.63. The normalized spacial score (nSPS) is 15.4. The summed E-state index contributed by atoms with van der Waals surface area (Å²) in [5.74, 6) is 0.768. The zero-order valence-corrected chi connectivity index (χ0v) is 12.0. The number of hydrogen-bond donors (Lipinski definition) is 3. The zero-order chi connectivity index (χ0) is 13.9. The highest BCUT2D eigenvalue weighted by atomic mass is 16.3. The van der Waals surface area contributed by atoms with Gasteiger partial charge in [-0.25, -0.2) is 0 Å². The zero-order valence-electron chi connectivity index (χ0n) is 12.0. The molecule has 0 aliphatic carbocycles. The molecule has 2 atom stereocenters. The molecule has 0 saturated carbocycles. The van der Waals surface area contributed by atoms with E-state index in [0.29, 0.717) is 5.92 Å². The number of rotatable bonds is 4. The van der Waals surface area contributed by atoms with Crippen LogP contribution in [0.15, 0.2) is 18.2 Å². The average Bonchev–Trinajstić information content (AvgIpc) is 2.24. The summed E-state index contributed by atoms with van der Waals surface area (Å²) in [7, 11) is 0. The molecule has 3 N–H and O–H groups in total. The van der Waals surface area contributed by atoms with E-state index in [1.165, 1.54) is 6.07 Å². The van der Waals surface area contributed by atoms with Crippen LogP contribution in [-0.4, -0.2) is 16.8 Å². The van der Waals surface area contributed by atoms with Gasteiger partial charge in [-0.05, 0) is 30.9 Å². The van der Waals surface area contributed by atoms with Crippen molar-refractivity contribution in [2.75, 3.05) is 6.54 Å². The molecule has 3 heteroatoms. The molecule has 1 aromatic rings. The maximum absolute atomic E-state index is 9.79. The summed E-state index contributed by atoms with van der Waals surface area (Å²) in [6, 6.07) is 4.79. The third kappa shape index (κ3) is 3.91. The summed E-state index contributed by atoms with van der Waals surface area (Å²) >= 11 is 0. The molecule has 0 aromatic heterocycles. The Morgan fingerprint density at radius 3 is 2.28 bits per heavy atom. The largest absolute Gasteiger partial charge is 0.508 e. The second-order valence-corrected chi connectivity index (χ2v) is 6.14. The van der Waals surface area contributed by atoms with Gasteiger partial charge in [0.25, 0.3) is 0 Å². The number of phenolic OH excluding ortho intramolecular Hbond substituents is 2. The summed E-state index contributed by atoms with van der Waals surface area (Å²) in [6.07, 6.45) is 0. The van der Waals surface area contributed by atoms with Crippen molar-refractivity contribution in [1.82, 2.24) is 5.32 Å². The van der Waals surface area contributed by atoms with Crippen LogP contribution in [0, 0.1) is 11.3 Å². The van der Waals surface area contributed by atoms with E-state index in [2.05, 4.69) is 33.0 Å². The maximum Gasteiger partial charge on any atom is 0.124 e. The molecule has 2 unspecified atom stereocenters. The van der Waals surface area contributed by atoms with Crippen LogP contribution in [0.1, 0.15) is 46.2 Å². The minimum atomic E-state index is 0.0652. The van der Waals surface area contributed by atoms with Gasteiger partial charge in [-0.15, -0.1) is 0 Å². The number of nitrogens with one attached hydrogen (secondary N) is 1. The number of phenols is 2. The van der Waals surface area contributed by atoms with Gasteiger partial charge in [0.1, 0.15) is 11.5 Å². The van der Waals surface area contributed by atoms with Crippen molar-refractivity contribution in [3.8, 4) is 11.5 Å². The lowest BCUT2D eigenvalue weighted by atomic mass is 9.82. The number of aromatic hydroxyl groups is 2. The molecule has 102 valence electrons. The Morgan fingerprint density at radius 1 is 1.17 bits per heavy atom. The van der Waals surface area contributed by atoms with Crippen molar-refractivity contribution >= 4 is 0 Å². The molecule has 1 rings (SSSR count). The van der Waals surface area contributed by atoms with E-state index in [0.717, 1.165) is 12.1 Å². The summed E-state index contributed by atoms with van der Waals surface area (Å²) in [5, 5.41) is 22.5. The fourth-order valence-electron chi connectivity index (χ4n) is 1.67. The Morgan fingerprint density at radius 2 is 1.78 bits per heavy atom. The van der Waals surface area contributed by atoms with Crippen LogP contribution in [0.3, 0.4) is 0 Å². The molecule has 0 amide bonds. The molecule has 0 fully saturated rings. The Bertz CT molecular complexity index is 396. The molecule has 0 heterocycles. The average molecular weight is 251 g/mol. The van der Waals surface area contributed by atoms with Gasteiger partial charge < -0.3 is 15.5 Å². The molecular formula is C15H25NO2. The summed E-state index contributed by atoms with van der Waals surface area (Å²) < 4.78 is 0. The smallest absolute Gasteiger partial charge is 0.124 e. The van der Waals surface area contributed by atoms with E-state index in [9.17, 15) is 10.2 Å². The standard InChI is InChI=1S/C15H25NO2/c1-10(15(3,4)5)9-16-11(2)13-7-6-12(17)8-14(13)18/h6-8,10-11,16-18H,9H2,1-5H3. The first-order valence-electron chi connectivity index (χ1n) is 6.47. The molecule has 0 spiro atoms. The summed E-state index contributed by atoms with van der Waals surface area (Å²) in [4.78, 5) is 0. The molecule has 1 aromatic carbocycles. The fraction of sp³-hybridized carbons (Fsp3) is 0.600. The summed E-state index contributed by atoms with van der Waals surface area (Å²) in [5.41, 5.74) is 1.08. The van der Waals surface area contributed by atoms with E-state index in [1.54, 1.807) is 12.1 Å². The minimum absolute atomic E-state index is 0.0652. The van der Waals surface area contributed by atoms with Crippen molar-refractivity contribution in [1.29, 1.82) is 0 Å². The quantitative estimate of drug-likeness (QED) is 0.768. The second-order valence-electron chi connectivity index (χ2n) is 6.14.